The SMILES string of the molecule is C=C/C=C(\CC)C(C(=C)/C=C\Cn1c2ccccc2c2cc(-c3ccc(Cc4ccc5c(c4)C(c4ccccc4)(c4ccccc4)c4ccc(-n6c7ccccc7c7cc(-c8cccc(B9OC(C)(C)C(C)(C)O9)c8)ccc76)cc4-5)c(Br)c3)ccc21)(c1ccccc1)c1ccccc1. The Labute approximate surface area is 584 Å². The summed E-state index contributed by atoms with van der Waals surface area (Å²) < 4.78 is 19.0. The molecule has 3 heterocycles. The maximum Gasteiger partial charge on any atom is 0.494 e. The highest BCUT2D eigenvalue weighted by atomic mass is 79.9. The molecule has 1 aliphatic heterocycles. The predicted molar refractivity (Wildman–Crippen MR) is 415 cm³/mol. The number of benzene rings is 12. The molecule has 0 N–H and O–H groups in total. The van der Waals surface area contributed by atoms with Crippen molar-refractivity contribution in [3.05, 3.63) is 383 Å². The molecule has 4 nitrogen and oxygen atoms in total. The minimum Gasteiger partial charge on any atom is -0.399 e. The van der Waals surface area contributed by atoms with E-state index in [0.29, 0.717) is 6.54 Å². The number of aromatic nitrogens is 2. The second kappa shape index (κ2) is 24.9. The average molecular weight is 1330 g/mol. The molecule has 0 unspecified atom stereocenters. The van der Waals surface area contributed by atoms with Crippen molar-refractivity contribution in [1.29, 1.82) is 0 Å². The van der Waals surface area contributed by atoms with Gasteiger partial charge >= 0.3 is 7.12 Å². The van der Waals surface area contributed by atoms with E-state index in [2.05, 4.69) is 370 Å². The Kier molecular flexibility index (Phi) is 15.9. The van der Waals surface area contributed by atoms with Crippen molar-refractivity contribution in [3.63, 3.8) is 0 Å². The molecule has 1 aliphatic carbocycles. The van der Waals surface area contributed by atoms with E-state index in [9.17, 15) is 0 Å². The molecule has 476 valence electrons. The lowest BCUT2D eigenvalue weighted by atomic mass is 9.63. The Morgan fingerprint density at radius 2 is 1.04 bits per heavy atom. The van der Waals surface area contributed by atoms with E-state index >= 15 is 0 Å². The summed E-state index contributed by atoms with van der Waals surface area (Å²) in [5.41, 5.74) is 24.0. The number of hydrogen-bond donors (Lipinski definition) is 0. The van der Waals surface area contributed by atoms with Crippen LogP contribution in [-0.4, -0.2) is 27.5 Å². The van der Waals surface area contributed by atoms with Crippen molar-refractivity contribution in [2.24, 2.45) is 0 Å². The summed E-state index contributed by atoms with van der Waals surface area (Å²) in [7, 11) is -0.440. The third-order valence-electron chi connectivity index (χ3n) is 21.5. The zero-order valence-corrected chi connectivity index (χ0v) is 57.7. The minimum absolute atomic E-state index is 0.426. The quantitative estimate of drug-likeness (QED) is 0.0671. The molecule has 16 rings (SSSR count). The van der Waals surface area contributed by atoms with Gasteiger partial charge in [0.1, 0.15) is 0 Å². The summed E-state index contributed by atoms with van der Waals surface area (Å²) in [6, 6.07) is 105. The molecule has 0 atom stereocenters. The minimum atomic E-state index is -0.585. The number of rotatable bonds is 17. The molecule has 0 amide bonds. The van der Waals surface area contributed by atoms with Gasteiger partial charge in [0.15, 0.2) is 0 Å². The Morgan fingerprint density at radius 1 is 0.500 bits per heavy atom. The van der Waals surface area contributed by atoms with Gasteiger partial charge in [-0.3, -0.25) is 0 Å². The van der Waals surface area contributed by atoms with Crippen LogP contribution < -0.4 is 5.46 Å². The largest absolute Gasteiger partial charge is 0.494 e. The monoisotopic (exact) mass is 1330 g/mol. The highest BCUT2D eigenvalue weighted by molar-refractivity contribution is 9.10. The Balaban J connectivity index is 0.730. The van der Waals surface area contributed by atoms with Crippen LogP contribution in [0.15, 0.2) is 338 Å². The Hall–Kier alpha value is -10.3. The summed E-state index contributed by atoms with van der Waals surface area (Å²) in [6.45, 7) is 20.3. The standard InChI is InChI=1S/C92H76BBrN2O2/c1-8-28-69(9-2)91(70-31-14-10-15-32-70,71-33-16-11-17-34-71)62(3)29-27-54-95-85-42-24-22-40-77(85)80-58-66(47-52-86(80)95)67-45-46-68(84(94)60-67)55-63-44-50-76-79-61-75(49-51-82(79)92(83(76)56-63,72-35-18-12-19-36-72)73-37-20-13-21-38-73)96-87-43-25-23-41-78(87)81-59-65(48-53-88(81)96)64-30-26-39-74(57-64)93-97-89(4,5)90(6,7)98-93/h8,10-53,56-61H,1,3,9,54-55H2,2,4-7H3/b29-27-,69-28+. The van der Waals surface area contributed by atoms with E-state index < -0.39 is 29.2 Å². The van der Waals surface area contributed by atoms with Crippen molar-refractivity contribution in [3.8, 4) is 39.1 Å². The van der Waals surface area contributed by atoms with Crippen molar-refractivity contribution >= 4 is 72.1 Å². The van der Waals surface area contributed by atoms with E-state index in [0.717, 1.165) is 61.8 Å². The topological polar surface area (TPSA) is 28.3 Å². The van der Waals surface area contributed by atoms with Crippen LogP contribution in [0.4, 0.5) is 0 Å². The van der Waals surface area contributed by atoms with Crippen LogP contribution in [0.1, 0.15) is 85.5 Å². The lowest BCUT2D eigenvalue weighted by Gasteiger charge is -2.38. The maximum atomic E-state index is 6.51. The van der Waals surface area contributed by atoms with Crippen molar-refractivity contribution in [1.82, 2.24) is 9.13 Å². The van der Waals surface area contributed by atoms with Gasteiger partial charge in [0, 0.05) is 49.3 Å². The molecule has 1 saturated heterocycles. The van der Waals surface area contributed by atoms with Crippen LogP contribution in [-0.2, 0) is 33.1 Å². The average Bonchev–Trinajstić information content (AvgIpc) is 1.52. The molecule has 6 heteroatoms. The summed E-state index contributed by atoms with van der Waals surface area (Å²) >= 11 is 4.14. The number of nitrogens with zero attached hydrogens (tertiary/aromatic N) is 2. The molecule has 12 aromatic carbocycles. The number of fused-ring (bicyclic) bond motifs is 9. The van der Waals surface area contributed by atoms with E-state index in [1.165, 1.54) is 99.3 Å². The molecule has 0 saturated carbocycles. The van der Waals surface area contributed by atoms with E-state index in [4.69, 9.17) is 15.9 Å². The zero-order chi connectivity index (χ0) is 66.9. The Bertz CT molecular complexity index is 5410. The van der Waals surface area contributed by atoms with Crippen LogP contribution in [0.25, 0.3) is 82.7 Å². The Morgan fingerprint density at radius 3 is 1.67 bits per heavy atom. The van der Waals surface area contributed by atoms with E-state index in [-0.39, 0.29) is 0 Å². The predicted octanol–water partition coefficient (Wildman–Crippen LogP) is 22.9. The van der Waals surface area contributed by atoms with Crippen LogP contribution in [0.3, 0.4) is 0 Å². The second-order valence-electron chi connectivity index (χ2n) is 27.4. The second-order valence-corrected chi connectivity index (χ2v) is 28.3. The third kappa shape index (κ3) is 10.3. The third-order valence-corrected chi connectivity index (χ3v) is 22.3. The fraction of sp³-hybridized carbons (Fsp3) is 0.130. The van der Waals surface area contributed by atoms with Crippen molar-refractivity contribution in [2.75, 3.05) is 0 Å². The molecular formula is C92H76BBrN2O2. The van der Waals surface area contributed by atoms with Gasteiger partial charge in [0.05, 0.1) is 33.1 Å². The number of para-hydroxylation sites is 2. The van der Waals surface area contributed by atoms with Crippen LogP contribution in [0, 0.1) is 0 Å². The smallest absolute Gasteiger partial charge is 0.399 e. The molecule has 2 aromatic heterocycles. The van der Waals surface area contributed by atoms with E-state index in [1.807, 2.05) is 6.08 Å². The van der Waals surface area contributed by atoms with Gasteiger partial charge in [-0.2, -0.15) is 0 Å². The summed E-state index contributed by atoms with van der Waals surface area (Å²) in [6.07, 6.45) is 10.2. The van der Waals surface area contributed by atoms with Gasteiger partial charge in [0.2, 0.25) is 0 Å². The first-order valence-electron chi connectivity index (χ1n) is 34.3. The highest BCUT2D eigenvalue weighted by Crippen LogP contribution is 2.57. The van der Waals surface area contributed by atoms with Crippen molar-refractivity contribution < 1.29 is 9.31 Å². The highest BCUT2D eigenvalue weighted by Gasteiger charge is 2.52. The lowest BCUT2D eigenvalue weighted by Crippen LogP contribution is -2.41. The van der Waals surface area contributed by atoms with Crippen LogP contribution in [0.2, 0.25) is 0 Å². The molecule has 0 spiro atoms. The van der Waals surface area contributed by atoms with Gasteiger partial charge in [-0.1, -0.05) is 296 Å². The van der Waals surface area contributed by atoms with E-state index in [1.54, 1.807) is 0 Å². The molecule has 14 aromatic rings. The normalized spacial score (nSPS) is 14.8. The fourth-order valence-corrected chi connectivity index (χ4v) is 16.7. The van der Waals surface area contributed by atoms with Crippen LogP contribution in [0.5, 0.6) is 0 Å². The maximum absolute atomic E-state index is 6.51. The molecule has 1 fully saturated rings. The molecule has 0 radical (unpaired) electrons. The summed E-state index contributed by atoms with van der Waals surface area (Å²) in [5.74, 6) is 0. The molecule has 0 bridgehead atoms. The summed E-state index contributed by atoms with van der Waals surface area (Å²) in [5, 5.41) is 4.87. The zero-order valence-electron chi connectivity index (χ0n) is 56.1. The lowest BCUT2D eigenvalue weighted by molar-refractivity contribution is 0.00578. The first-order chi connectivity index (χ1) is 47.8. The first-order valence-corrected chi connectivity index (χ1v) is 35.1. The van der Waals surface area contributed by atoms with Gasteiger partial charge in [0.25, 0.3) is 0 Å². The number of hydrogen-bond acceptors (Lipinski definition) is 2. The molecule has 98 heavy (non-hydrogen) atoms. The van der Waals surface area contributed by atoms with Crippen molar-refractivity contribution in [2.45, 2.75) is 76.0 Å². The number of halogens is 1. The molecular weight excluding hydrogens is 1260 g/mol. The van der Waals surface area contributed by atoms with Crippen LogP contribution >= 0.6 is 15.9 Å². The van der Waals surface area contributed by atoms with Gasteiger partial charge in [-0.15, -0.1) is 0 Å². The molecule has 2 aliphatic rings. The summed E-state index contributed by atoms with van der Waals surface area (Å²) in [4.78, 5) is 0. The number of allylic oxidation sites excluding steroid dienone is 6. The first kappa shape index (κ1) is 62.5. The van der Waals surface area contributed by atoms with Gasteiger partial charge in [-0.25, -0.2) is 0 Å². The fourth-order valence-electron chi connectivity index (χ4n) is 16.1. The van der Waals surface area contributed by atoms with Gasteiger partial charge < -0.3 is 18.4 Å². The van der Waals surface area contributed by atoms with Gasteiger partial charge in [-0.05, 0) is 184 Å².